The summed E-state index contributed by atoms with van der Waals surface area (Å²) in [5.74, 6) is -9.41. The Morgan fingerprint density at radius 1 is 0.449 bits per heavy atom. The highest BCUT2D eigenvalue weighted by atomic mass is 35.5. The van der Waals surface area contributed by atoms with Crippen molar-refractivity contribution in [1.82, 2.24) is 53.1 Å². The molecule has 8 heterocycles. The molecule has 4 aliphatic rings. The van der Waals surface area contributed by atoms with Gasteiger partial charge in [-0.25, -0.2) is 72.4 Å². The van der Waals surface area contributed by atoms with Crippen LogP contribution in [0.5, 0.6) is 0 Å². The predicted molar refractivity (Wildman–Crippen MR) is 481 cm³/mol. The van der Waals surface area contributed by atoms with Gasteiger partial charge >= 0.3 is 64.8 Å². The Bertz CT molecular complexity index is 6370. The third-order valence-electron chi connectivity index (χ3n) is 18.9. The van der Waals surface area contributed by atoms with Crippen LogP contribution in [0.4, 0.5) is 107 Å². The van der Waals surface area contributed by atoms with Crippen LogP contribution in [0.3, 0.4) is 0 Å². The van der Waals surface area contributed by atoms with Gasteiger partial charge in [0.05, 0.1) is 73.8 Å². The predicted octanol–water partition coefficient (Wildman–Crippen LogP) is 15.6. The number of fused-ring (bicyclic) bond motifs is 2. The maximum Gasteiger partial charge on any atom is 0.516 e. The second kappa shape index (κ2) is 48.7. The minimum absolute atomic E-state index is 0. The van der Waals surface area contributed by atoms with Crippen molar-refractivity contribution >= 4 is 149 Å². The molecule has 0 spiro atoms. The Labute approximate surface area is 793 Å². The Morgan fingerprint density at radius 3 is 1.07 bits per heavy atom. The van der Waals surface area contributed by atoms with Gasteiger partial charge in [0.2, 0.25) is 0 Å². The van der Waals surface area contributed by atoms with E-state index in [1.807, 2.05) is 44.2 Å². The highest BCUT2D eigenvalue weighted by Crippen LogP contribution is 2.36. The zero-order chi connectivity index (χ0) is 98.1. The number of nitrogens with zero attached hydrogens (tertiary/aromatic N) is 15. The SMILES string of the molecule is C.C.C.CCc1nc2ccc(Cl)cn2c1C(=O)NCc1cc(F)c(N2CCN(S(=O)(=O)C(F)(F)F)C=N2)c(F)c1.CCc1nc2ccc(Cl)cn2c1C(=O)O.Cl.NCc1cc(F)c(N2CCN(S(=O)(=O)C(F)(F)F)C=N2)c(F)c1.O=C(NCc1cc(F)c(N2CCN(S(=O)(=O)C(F)(F)F)C=N2)c(F)c1)OCc1ccccc1.O=C(NCc1cc(F)c(N2CCN=CN2)c(F)c1)OCc1ccccc1. The van der Waals surface area contributed by atoms with Crippen molar-refractivity contribution < 1.29 is 134 Å². The minimum Gasteiger partial charge on any atom is -0.477 e. The molecule has 138 heavy (non-hydrogen) atoms. The first-order valence-electron chi connectivity index (χ1n) is 38.7. The summed E-state index contributed by atoms with van der Waals surface area (Å²) in [6, 6.07) is 32.7. The highest BCUT2D eigenvalue weighted by Gasteiger charge is 2.52. The minimum atomic E-state index is -5.67. The van der Waals surface area contributed by atoms with Crippen LogP contribution < -0.4 is 47.1 Å². The van der Waals surface area contributed by atoms with Gasteiger partial charge in [-0.2, -0.15) is 80.1 Å². The number of aliphatic imine (C=N–C) groups is 1. The standard InChI is InChI=1S/C21H18ClF5N6O3S.C19H17F5N4O4S.C18H18F2N4O2.C11H11F5N4O2S.C10H9ClN2O2.3CH4.ClH/c1-2-16-19(32-10-13(22)3-4-17(32)30-16)20(34)28-9-12-7-14(23)18(15(24)8-12)33-6-5-31(11-29-33)37(35,36)21(25,26)27;20-15-8-14(10-25-18(29)32-11-13-4-2-1-3-5-13)9-16(21)17(15)28-7-6-27(12-26-28)33(30,31)19(22,23)24;19-15-8-14(9-16(20)17(15)24-7-6-21-12-23-24)10-22-18(25)26-11-13-4-2-1-3-5-13;12-8-3-7(5-17)4-9(13)10(8)20-2-1-19(6-18-20)23(21,22)11(14,15)16;1-2-7-9(10(14)15)13-5-6(11)3-4-8(13)12-7;;;;/h3-4,7-8,10-11H,2,5-6,9H2,1H3,(H,28,34);1-5,8-9,12H,6-7,10-11H2,(H,25,29);1-5,8-9,12H,6-7,10-11H2,(H,21,23)(H,22,25);3-4,6H,1-2,5,17H2;3-5H,2H2,1H3,(H,14,15);3*1H4;1H. The molecule has 0 atom stereocenters. The van der Waals surface area contributed by atoms with E-state index in [9.17, 15) is 119 Å². The van der Waals surface area contributed by atoms with Crippen LogP contribution >= 0.6 is 35.6 Å². The van der Waals surface area contributed by atoms with E-state index < -0.39 is 174 Å². The van der Waals surface area contributed by atoms with E-state index in [1.54, 1.807) is 60.8 Å². The van der Waals surface area contributed by atoms with Crippen LogP contribution in [0.1, 0.15) is 102 Å². The summed E-state index contributed by atoms with van der Waals surface area (Å²) in [5.41, 5.74) is -5.96. The normalized spacial score (nSPS) is 13.7. The highest BCUT2D eigenvalue weighted by molar-refractivity contribution is 7.91. The Hall–Kier alpha value is -13.3. The Morgan fingerprint density at radius 2 is 0.768 bits per heavy atom. The molecule has 56 heteroatoms. The van der Waals surface area contributed by atoms with E-state index >= 15 is 0 Å². The quantitative estimate of drug-likeness (QED) is 0.0343. The molecule has 0 aliphatic carbocycles. The van der Waals surface area contributed by atoms with E-state index in [0.29, 0.717) is 93.3 Å². The van der Waals surface area contributed by atoms with Crippen LogP contribution in [-0.2, 0) is 91.8 Å². The summed E-state index contributed by atoms with van der Waals surface area (Å²) < 4.78 is 309. The van der Waals surface area contributed by atoms with Crippen molar-refractivity contribution in [3.05, 3.63) is 259 Å². The summed E-state index contributed by atoms with van der Waals surface area (Å²) >= 11 is 11.8. The lowest BCUT2D eigenvalue weighted by Crippen LogP contribution is -2.46. The molecule has 7 N–H and O–H groups in total. The molecule has 14 rings (SSSR count). The summed E-state index contributed by atoms with van der Waals surface area (Å²) in [6.45, 7) is 0.306. The number of pyridine rings is 2. The van der Waals surface area contributed by atoms with E-state index in [2.05, 4.69) is 51.6 Å². The van der Waals surface area contributed by atoms with Gasteiger partial charge in [0.25, 0.3) is 5.91 Å². The molecule has 0 bridgehead atoms. The number of aromatic carboxylic acids is 1. The maximum absolute atomic E-state index is 14.8. The van der Waals surface area contributed by atoms with E-state index in [1.165, 1.54) is 38.5 Å². The molecular formula is C82H86Cl3F17N20O13S3. The lowest BCUT2D eigenvalue weighted by molar-refractivity contribution is -0.0477. The van der Waals surface area contributed by atoms with Gasteiger partial charge < -0.3 is 36.3 Å². The number of hydrazine groups is 1. The number of sulfonamides is 3. The maximum atomic E-state index is 14.8. The number of halogens is 20. The number of aromatic nitrogens is 4. The lowest BCUT2D eigenvalue weighted by Gasteiger charge is -2.30. The van der Waals surface area contributed by atoms with Gasteiger partial charge in [-0.15, -0.1) is 12.4 Å². The molecular weight excluding hydrogens is 2000 g/mol. The number of hydrazone groups is 3. The molecule has 3 amide bonds. The summed E-state index contributed by atoms with van der Waals surface area (Å²) in [6.07, 6.45) is 5.07. The number of alkyl carbamates (subject to hydrolysis) is 2. The van der Waals surface area contributed by atoms with E-state index in [-0.39, 0.29) is 121 Å². The fraction of sp³-hybridized carbons (Fsp3) is 0.293. The molecule has 0 saturated carbocycles. The van der Waals surface area contributed by atoms with Gasteiger partial charge in [-0.3, -0.25) is 44.0 Å². The number of nitrogens with one attached hydrogen (secondary N) is 4. The number of ether oxygens (including phenoxy) is 2. The number of carboxylic acid groups (broad SMARTS) is 1. The van der Waals surface area contributed by atoms with E-state index in [4.69, 9.17) is 43.5 Å². The van der Waals surface area contributed by atoms with Gasteiger partial charge in [-0.1, -0.05) is 120 Å². The molecule has 4 aromatic heterocycles. The van der Waals surface area contributed by atoms with Crippen LogP contribution in [0.2, 0.25) is 10.0 Å². The molecule has 33 nitrogen and oxygen atoms in total. The van der Waals surface area contributed by atoms with Crippen LogP contribution in [0, 0.1) is 46.5 Å². The largest absolute Gasteiger partial charge is 0.516 e. The summed E-state index contributed by atoms with van der Waals surface area (Å²) in [5, 5.41) is 31.1. The first-order valence-corrected chi connectivity index (χ1v) is 43.8. The smallest absolute Gasteiger partial charge is 0.477 e. The van der Waals surface area contributed by atoms with Crippen molar-refractivity contribution in [2.45, 2.75) is 105 Å². The number of aryl methyl sites for hydroxylation is 2. The molecule has 6 aromatic carbocycles. The van der Waals surface area contributed by atoms with Crippen molar-refractivity contribution in [2.75, 3.05) is 72.4 Å². The number of anilines is 4. The number of hydrogen-bond acceptors (Lipinski definition) is 24. The third-order valence-corrected chi connectivity index (χ3v) is 23.7. The number of carboxylic acids is 1. The molecule has 0 unspecified atom stereocenters. The third kappa shape index (κ3) is 28.0. The Kier molecular flexibility index (Phi) is 40.0. The number of imidazole rings is 2. The first-order chi connectivity index (χ1) is 63.2. The number of alkyl halides is 9. The number of nitrogens with two attached hydrogens (primary N) is 1. The topological polar surface area (TPSA) is 390 Å². The first kappa shape index (κ1) is 113. The monoisotopic (exact) mass is 2080 g/mol. The zero-order valence-electron chi connectivity index (χ0n) is 69.4. The van der Waals surface area contributed by atoms with Crippen LogP contribution in [0.15, 0.2) is 166 Å². The second-order valence-electron chi connectivity index (χ2n) is 27.9. The number of carbonyl (C=O) groups excluding carboxylic acids is 3. The average Bonchev–Trinajstić information content (AvgIpc) is 1.13. The van der Waals surface area contributed by atoms with Crippen molar-refractivity contribution in [3.63, 3.8) is 0 Å². The van der Waals surface area contributed by atoms with Crippen molar-refractivity contribution in [2.24, 2.45) is 26.0 Å². The molecule has 10 aromatic rings. The number of benzene rings is 6. The summed E-state index contributed by atoms with van der Waals surface area (Å²) in [7, 11) is -16.9. The molecule has 0 radical (unpaired) electrons. The number of hydrogen-bond donors (Lipinski definition) is 6. The van der Waals surface area contributed by atoms with Gasteiger partial charge in [0.1, 0.15) is 78.3 Å². The van der Waals surface area contributed by atoms with Gasteiger partial charge in [-0.05, 0) is 119 Å². The molecule has 750 valence electrons. The lowest BCUT2D eigenvalue weighted by atomic mass is 10.1. The fourth-order valence-corrected chi connectivity index (χ4v) is 15.0. The van der Waals surface area contributed by atoms with Crippen molar-refractivity contribution in [3.8, 4) is 0 Å². The fourth-order valence-electron chi connectivity index (χ4n) is 12.5. The Balaban J connectivity index is 0.000000269. The molecule has 4 aliphatic heterocycles. The van der Waals surface area contributed by atoms with Gasteiger partial charge in [0, 0.05) is 38.6 Å². The molecule has 0 fully saturated rings. The van der Waals surface area contributed by atoms with Crippen LogP contribution in [-0.4, -0.2) is 180 Å². The molecule has 0 saturated heterocycles. The summed E-state index contributed by atoms with van der Waals surface area (Å²) in [4.78, 5) is 60.0. The van der Waals surface area contributed by atoms with Crippen LogP contribution in [0.25, 0.3) is 11.3 Å². The van der Waals surface area contributed by atoms with Gasteiger partial charge in [0.15, 0.2) is 52.2 Å². The number of rotatable bonds is 22. The van der Waals surface area contributed by atoms with Crippen molar-refractivity contribution in [1.29, 1.82) is 0 Å². The number of carbonyl (C=O) groups is 4. The second-order valence-corrected chi connectivity index (χ2v) is 34.4. The van der Waals surface area contributed by atoms with E-state index in [0.717, 1.165) is 52.5 Å². The number of amides is 3. The average molecular weight is 2090 g/mol. The zero-order valence-corrected chi connectivity index (χ0v) is 74.2.